The van der Waals surface area contributed by atoms with Crippen molar-refractivity contribution < 1.29 is 4.79 Å². The lowest BCUT2D eigenvalue weighted by molar-refractivity contribution is 0.0708. The second-order valence-electron chi connectivity index (χ2n) is 5.51. The lowest BCUT2D eigenvalue weighted by atomic mass is 9.89. The van der Waals surface area contributed by atoms with Crippen LogP contribution in [0.1, 0.15) is 60.9 Å². The Kier molecular flexibility index (Phi) is 5.37. The molecule has 1 aliphatic carbocycles. The smallest absolute Gasteiger partial charge is 0.273 e. The van der Waals surface area contributed by atoms with E-state index in [1.165, 1.54) is 32.1 Å². The molecule has 0 saturated heterocycles. The largest absolute Gasteiger partial charge is 0.337 e. The molecule has 1 fully saturated rings. The summed E-state index contributed by atoms with van der Waals surface area (Å²) in [5.74, 6) is 0.820. The molecule has 1 aromatic rings. The summed E-state index contributed by atoms with van der Waals surface area (Å²) in [6.45, 7) is 5.86. The van der Waals surface area contributed by atoms with Gasteiger partial charge < -0.3 is 4.90 Å². The van der Waals surface area contributed by atoms with Crippen LogP contribution in [0, 0.1) is 12.8 Å². The molecule has 0 aliphatic heterocycles. The highest BCUT2D eigenvalue weighted by atomic mass is 32.1. The molecule has 1 amide bonds. The van der Waals surface area contributed by atoms with Gasteiger partial charge >= 0.3 is 0 Å². The number of thiazole rings is 1. The molecule has 1 saturated carbocycles. The number of hydrogen-bond acceptors (Lipinski definition) is 3. The minimum Gasteiger partial charge on any atom is -0.337 e. The fraction of sp³-hybridized carbons (Fsp3) is 0.733. The van der Waals surface area contributed by atoms with Gasteiger partial charge in [0, 0.05) is 18.5 Å². The van der Waals surface area contributed by atoms with Crippen molar-refractivity contribution in [1.29, 1.82) is 0 Å². The second kappa shape index (κ2) is 7.04. The monoisotopic (exact) mass is 280 g/mol. The molecule has 0 unspecified atom stereocenters. The number of nitrogens with zero attached hydrogens (tertiary/aromatic N) is 2. The van der Waals surface area contributed by atoms with Crippen LogP contribution in [0.3, 0.4) is 0 Å². The summed E-state index contributed by atoms with van der Waals surface area (Å²) in [5.41, 5.74) is 0.631. The Balaban J connectivity index is 1.99. The predicted octanol–water partition coefficient (Wildman–Crippen LogP) is 3.88. The zero-order chi connectivity index (χ0) is 13.7. The summed E-state index contributed by atoms with van der Waals surface area (Å²) in [5, 5.41) is 2.86. The first-order valence-corrected chi connectivity index (χ1v) is 8.30. The summed E-state index contributed by atoms with van der Waals surface area (Å²) < 4.78 is 0. The minimum atomic E-state index is 0.122. The summed E-state index contributed by atoms with van der Waals surface area (Å²) in [6, 6.07) is 0. The summed E-state index contributed by atoms with van der Waals surface area (Å²) in [6.07, 6.45) is 7.60. The standard InChI is InChI=1S/C15H24N2OS/c1-3-9-17(10-13-7-5-4-6-8-13)15(18)14-11-19-12(2)16-14/h11,13H,3-10H2,1-2H3. The Bertz CT molecular complexity index is 410. The van der Waals surface area contributed by atoms with Gasteiger partial charge in [-0.05, 0) is 32.1 Å². The Morgan fingerprint density at radius 2 is 2.16 bits per heavy atom. The van der Waals surface area contributed by atoms with Gasteiger partial charge in [-0.25, -0.2) is 4.98 Å². The first-order chi connectivity index (χ1) is 9.20. The van der Waals surface area contributed by atoms with Crippen molar-refractivity contribution in [2.75, 3.05) is 13.1 Å². The van der Waals surface area contributed by atoms with Crippen LogP contribution < -0.4 is 0 Å². The molecule has 0 N–H and O–H groups in total. The third-order valence-corrected chi connectivity index (χ3v) is 4.60. The van der Waals surface area contributed by atoms with E-state index in [4.69, 9.17) is 0 Å². The first kappa shape index (κ1) is 14.5. The topological polar surface area (TPSA) is 33.2 Å². The van der Waals surface area contributed by atoms with Crippen LogP contribution in [0.4, 0.5) is 0 Å². The average Bonchev–Trinajstić information content (AvgIpc) is 2.85. The van der Waals surface area contributed by atoms with Crippen molar-refractivity contribution in [3.8, 4) is 0 Å². The molecule has 4 heteroatoms. The second-order valence-corrected chi connectivity index (χ2v) is 6.57. The van der Waals surface area contributed by atoms with Crippen molar-refractivity contribution >= 4 is 17.2 Å². The van der Waals surface area contributed by atoms with E-state index in [1.54, 1.807) is 11.3 Å². The quantitative estimate of drug-likeness (QED) is 0.820. The lowest BCUT2D eigenvalue weighted by Crippen LogP contribution is -2.36. The molecule has 3 nitrogen and oxygen atoms in total. The van der Waals surface area contributed by atoms with Crippen LogP contribution in [0.25, 0.3) is 0 Å². The predicted molar refractivity (Wildman–Crippen MR) is 79.6 cm³/mol. The molecule has 0 bridgehead atoms. The highest BCUT2D eigenvalue weighted by molar-refractivity contribution is 7.09. The molecule has 0 spiro atoms. The summed E-state index contributed by atoms with van der Waals surface area (Å²) in [4.78, 5) is 18.8. The van der Waals surface area contributed by atoms with Gasteiger partial charge in [0.25, 0.3) is 5.91 Å². The van der Waals surface area contributed by atoms with Crippen LogP contribution in [0.15, 0.2) is 5.38 Å². The molecule has 0 atom stereocenters. The van der Waals surface area contributed by atoms with Crippen LogP contribution in [0.2, 0.25) is 0 Å². The van der Waals surface area contributed by atoms with Gasteiger partial charge in [0.2, 0.25) is 0 Å². The molecule has 19 heavy (non-hydrogen) atoms. The van der Waals surface area contributed by atoms with Crippen molar-refractivity contribution in [3.63, 3.8) is 0 Å². The van der Waals surface area contributed by atoms with Gasteiger partial charge in [0.15, 0.2) is 0 Å². The van der Waals surface area contributed by atoms with Crippen molar-refractivity contribution in [3.05, 3.63) is 16.1 Å². The van der Waals surface area contributed by atoms with Crippen molar-refractivity contribution in [2.45, 2.75) is 52.4 Å². The Labute approximate surface area is 120 Å². The van der Waals surface area contributed by atoms with Crippen molar-refractivity contribution in [2.24, 2.45) is 5.92 Å². The molecule has 1 aromatic heterocycles. The zero-order valence-electron chi connectivity index (χ0n) is 12.0. The molecule has 106 valence electrons. The van der Waals surface area contributed by atoms with E-state index in [9.17, 15) is 4.79 Å². The van der Waals surface area contributed by atoms with Crippen molar-refractivity contribution in [1.82, 2.24) is 9.88 Å². The number of aromatic nitrogens is 1. The van der Waals surface area contributed by atoms with Gasteiger partial charge in [-0.15, -0.1) is 11.3 Å². The number of hydrogen-bond donors (Lipinski definition) is 0. The van der Waals surface area contributed by atoms with Crippen LogP contribution in [0.5, 0.6) is 0 Å². The molecule has 0 radical (unpaired) electrons. The van der Waals surface area contributed by atoms with Gasteiger partial charge in [-0.2, -0.15) is 0 Å². The average molecular weight is 280 g/mol. The van der Waals surface area contributed by atoms with E-state index in [0.29, 0.717) is 11.6 Å². The molecule has 2 rings (SSSR count). The van der Waals surface area contributed by atoms with Crippen LogP contribution >= 0.6 is 11.3 Å². The van der Waals surface area contributed by atoms with Crippen LogP contribution in [-0.4, -0.2) is 28.9 Å². The summed E-state index contributed by atoms with van der Waals surface area (Å²) in [7, 11) is 0. The van der Waals surface area contributed by atoms with E-state index < -0.39 is 0 Å². The number of carbonyl (C=O) groups is 1. The van der Waals surface area contributed by atoms with E-state index in [2.05, 4.69) is 11.9 Å². The Morgan fingerprint density at radius 3 is 2.74 bits per heavy atom. The molecule has 1 heterocycles. The zero-order valence-corrected chi connectivity index (χ0v) is 12.8. The van der Waals surface area contributed by atoms with Gasteiger partial charge in [0.05, 0.1) is 5.01 Å². The molecular formula is C15H24N2OS. The van der Waals surface area contributed by atoms with Crippen LogP contribution in [-0.2, 0) is 0 Å². The van der Waals surface area contributed by atoms with E-state index in [0.717, 1.165) is 24.5 Å². The van der Waals surface area contributed by atoms with E-state index in [1.807, 2.05) is 17.2 Å². The number of carbonyl (C=O) groups excluding carboxylic acids is 1. The van der Waals surface area contributed by atoms with Gasteiger partial charge in [-0.1, -0.05) is 26.2 Å². The fourth-order valence-electron chi connectivity index (χ4n) is 2.85. The fourth-order valence-corrected chi connectivity index (χ4v) is 3.44. The third-order valence-electron chi connectivity index (χ3n) is 3.82. The molecule has 1 aliphatic rings. The minimum absolute atomic E-state index is 0.122. The number of amides is 1. The Morgan fingerprint density at radius 1 is 1.42 bits per heavy atom. The first-order valence-electron chi connectivity index (χ1n) is 7.42. The summed E-state index contributed by atoms with van der Waals surface area (Å²) >= 11 is 1.56. The molecule has 0 aromatic carbocycles. The SMILES string of the molecule is CCCN(CC1CCCCC1)C(=O)c1csc(C)n1. The van der Waals surface area contributed by atoms with Gasteiger partial charge in [-0.3, -0.25) is 4.79 Å². The van der Waals surface area contributed by atoms with E-state index in [-0.39, 0.29) is 5.91 Å². The highest BCUT2D eigenvalue weighted by Crippen LogP contribution is 2.25. The maximum absolute atomic E-state index is 12.5. The normalized spacial score (nSPS) is 16.5. The van der Waals surface area contributed by atoms with Gasteiger partial charge in [0.1, 0.15) is 5.69 Å². The Hall–Kier alpha value is -0.900. The third kappa shape index (κ3) is 4.03. The maximum Gasteiger partial charge on any atom is 0.273 e. The number of aryl methyl sites for hydroxylation is 1. The molecular weight excluding hydrogens is 256 g/mol. The highest BCUT2D eigenvalue weighted by Gasteiger charge is 2.22. The maximum atomic E-state index is 12.5. The lowest BCUT2D eigenvalue weighted by Gasteiger charge is -2.29. The van der Waals surface area contributed by atoms with E-state index >= 15 is 0 Å². The number of rotatable bonds is 5.